The van der Waals surface area contributed by atoms with Crippen LogP contribution in [0.1, 0.15) is 25.3 Å². The number of hydrogen-bond donors (Lipinski definition) is 0. The Morgan fingerprint density at radius 1 is 1.27 bits per heavy atom. The van der Waals surface area contributed by atoms with Crippen LogP contribution in [0.5, 0.6) is 5.75 Å². The van der Waals surface area contributed by atoms with Gasteiger partial charge in [-0.3, -0.25) is 10.1 Å². The Labute approximate surface area is 178 Å². The number of nitro benzene ring substituents is 1. The van der Waals surface area contributed by atoms with Gasteiger partial charge >= 0.3 is 5.69 Å². The Hall–Kier alpha value is -2.76. The maximum atomic E-state index is 12.7. The predicted octanol–water partition coefficient (Wildman–Crippen LogP) is 4.23. The number of oxazole rings is 1. The van der Waals surface area contributed by atoms with E-state index in [2.05, 4.69) is 4.98 Å². The molecule has 0 aliphatic rings. The average Bonchev–Trinajstić information content (AvgIpc) is 3.36. The van der Waals surface area contributed by atoms with Crippen molar-refractivity contribution in [3.63, 3.8) is 0 Å². The van der Waals surface area contributed by atoms with Crippen molar-refractivity contribution in [3.05, 3.63) is 57.3 Å². The molecule has 0 unspecified atom stereocenters. The van der Waals surface area contributed by atoms with E-state index in [1.54, 1.807) is 20.8 Å². The van der Waals surface area contributed by atoms with Gasteiger partial charge in [0.2, 0.25) is 15.9 Å². The molecule has 1 aromatic carbocycles. The van der Waals surface area contributed by atoms with E-state index in [1.165, 1.54) is 27.8 Å². The van der Waals surface area contributed by atoms with E-state index in [4.69, 9.17) is 9.15 Å². The quantitative estimate of drug-likeness (QED) is 0.353. The fourth-order valence-corrected chi connectivity index (χ4v) is 4.98. The lowest BCUT2D eigenvalue weighted by Crippen LogP contribution is -2.30. The molecule has 0 N–H and O–H groups in total. The predicted molar refractivity (Wildman–Crippen MR) is 112 cm³/mol. The van der Waals surface area contributed by atoms with Crippen LogP contribution in [0.25, 0.3) is 10.8 Å². The van der Waals surface area contributed by atoms with Crippen LogP contribution in [-0.2, 0) is 16.6 Å². The second-order valence-electron chi connectivity index (χ2n) is 6.26. The molecular formula is C19H21N3O6S2. The maximum Gasteiger partial charge on any atom is 0.312 e. The van der Waals surface area contributed by atoms with Crippen LogP contribution in [0.3, 0.4) is 0 Å². The number of hydrogen-bond acceptors (Lipinski definition) is 8. The summed E-state index contributed by atoms with van der Waals surface area (Å²) in [5.41, 5.74) is 0.0791. The zero-order valence-electron chi connectivity index (χ0n) is 16.7. The fourth-order valence-electron chi connectivity index (χ4n) is 2.85. The van der Waals surface area contributed by atoms with Crippen molar-refractivity contribution in [3.8, 4) is 16.5 Å². The van der Waals surface area contributed by atoms with Crippen LogP contribution in [0.2, 0.25) is 0 Å². The highest BCUT2D eigenvalue weighted by molar-refractivity contribution is 7.89. The number of ether oxygens (including phenoxy) is 1. The van der Waals surface area contributed by atoms with E-state index in [9.17, 15) is 18.5 Å². The van der Waals surface area contributed by atoms with Gasteiger partial charge in [-0.05, 0) is 30.5 Å². The molecular weight excluding hydrogens is 430 g/mol. The monoisotopic (exact) mass is 451 g/mol. The third-order valence-electron chi connectivity index (χ3n) is 4.46. The van der Waals surface area contributed by atoms with Gasteiger partial charge < -0.3 is 9.15 Å². The van der Waals surface area contributed by atoms with Gasteiger partial charge in [0.15, 0.2) is 5.75 Å². The van der Waals surface area contributed by atoms with Crippen LogP contribution in [0, 0.1) is 17.0 Å². The van der Waals surface area contributed by atoms with Crippen LogP contribution in [0.15, 0.2) is 45.0 Å². The molecule has 2 aromatic heterocycles. The summed E-state index contributed by atoms with van der Waals surface area (Å²) in [6.45, 7) is 5.63. The lowest BCUT2D eigenvalue weighted by atomic mass is 10.3. The van der Waals surface area contributed by atoms with Gasteiger partial charge in [0, 0.05) is 19.2 Å². The number of aryl methyl sites for hydroxylation is 1. The van der Waals surface area contributed by atoms with Crippen molar-refractivity contribution in [1.82, 2.24) is 9.29 Å². The third kappa shape index (κ3) is 4.37. The van der Waals surface area contributed by atoms with Gasteiger partial charge in [-0.25, -0.2) is 13.4 Å². The normalized spacial score (nSPS) is 11.7. The molecule has 0 amide bonds. The second kappa shape index (κ2) is 8.94. The minimum Gasteiger partial charge on any atom is -0.480 e. The topological polar surface area (TPSA) is 116 Å². The van der Waals surface area contributed by atoms with Crippen molar-refractivity contribution in [2.24, 2.45) is 0 Å². The van der Waals surface area contributed by atoms with Crippen LogP contribution in [0.4, 0.5) is 5.69 Å². The lowest BCUT2D eigenvalue weighted by Gasteiger charge is -2.18. The van der Waals surface area contributed by atoms with Crippen LogP contribution >= 0.6 is 11.3 Å². The van der Waals surface area contributed by atoms with E-state index in [0.717, 1.165) is 10.9 Å². The van der Waals surface area contributed by atoms with Gasteiger partial charge in [0.1, 0.15) is 18.1 Å². The van der Waals surface area contributed by atoms with E-state index in [1.807, 2.05) is 17.5 Å². The molecule has 0 fully saturated rings. The highest BCUT2D eigenvalue weighted by Crippen LogP contribution is 2.32. The van der Waals surface area contributed by atoms with Crippen molar-refractivity contribution in [2.45, 2.75) is 32.3 Å². The number of thiophene rings is 1. The minimum absolute atomic E-state index is 0.0430. The molecule has 3 rings (SSSR count). The zero-order valence-corrected chi connectivity index (χ0v) is 18.3. The van der Waals surface area contributed by atoms with E-state index in [0.29, 0.717) is 17.3 Å². The number of nitrogens with zero attached hydrogens (tertiary/aromatic N) is 3. The number of sulfonamides is 1. The molecule has 9 nitrogen and oxygen atoms in total. The van der Waals surface area contributed by atoms with Crippen molar-refractivity contribution >= 4 is 27.0 Å². The van der Waals surface area contributed by atoms with E-state index >= 15 is 0 Å². The molecule has 30 heavy (non-hydrogen) atoms. The summed E-state index contributed by atoms with van der Waals surface area (Å²) in [7, 11) is -3.82. The highest BCUT2D eigenvalue weighted by Gasteiger charge is 2.26. The van der Waals surface area contributed by atoms with Crippen LogP contribution in [-0.4, -0.2) is 35.7 Å². The maximum absolute atomic E-state index is 12.7. The molecule has 0 spiro atoms. The summed E-state index contributed by atoms with van der Waals surface area (Å²) in [6.07, 6.45) is 0. The summed E-state index contributed by atoms with van der Waals surface area (Å²) in [6, 6.07) is 7.38. The lowest BCUT2D eigenvalue weighted by molar-refractivity contribution is -0.386. The zero-order chi connectivity index (χ0) is 21.9. The van der Waals surface area contributed by atoms with Gasteiger partial charge in [-0.15, -0.1) is 11.3 Å². The van der Waals surface area contributed by atoms with Crippen molar-refractivity contribution in [2.75, 3.05) is 13.1 Å². The Morgan fingerprint density at radius 3 is 2.60 bits per heavy atom. The SMILES string of the molecule is CCN(CC)S(=O)(=O)c1ccc(OCc2nc(-c3cccs3)oc2C)c([N+](=O)[O-])c1. The molecule has 0 atom stereocenters. The van der Waals surface area contributed by atoms with Crippen LogP contribution < -0.4 is 4.74 Å². The molecule has 0 aliphatic heterocycles. The summed E-state index contributed by atoms with van der Waals surface area (Å²) in [5.74, 6) is 0.955. The number of nitro groups is 1. The third-order valence-corrected chi connectivity index (χ3v) is 7.36. The van der Waals surface area contributed by atoms with E-state index < -0.39 is 20.6 Å². The molecule has 0 bridgehead atoms. The summed E-state index contributed by atoms with van der Waals surface area (Å²) >= 11 is 1.48. The smallest absolute Gasteiger partial charge is 0.312 e. The first kappa shape index (κ1) is 21.9. The standard InChI is InChI=1S/C19H21N3O6S2/c1-4-21(5-2)30(25,26)14-8-9-17(16(11-14)22(23)24)27-12-15-13(3)28-19(20-15)18-7-6-10-29-18/h6-11H,4-5,12H2,1-3H3. The van der Waals surface area contributed by atoms with Gasteiger partial charge in [0.05, 0.1) is 14.7 Å². The molecule has 0 radical (unpaired) electrons. The molecule has 0 aliphatic carbocycles. The number of aromatic nitrogens is 1. The largest absolute Gasteiger partial charge is 0.480 e. The molecule has 3 aromatic rings. The molecule has 0 saturated heterocycles. The minimum atomic E-state index is -3.82. The Balaban J connectivity index is 1.86. The van der Waals surface area contributed by atoms with E-state index in [-0.39, 0.29) is 30.3 Å². The molecule has 0 saturated carbocycles. The Morgan fingerprint density at radius 2 is 2.00 bits per heavy atom. The summed E-state index contributed by atoms with van der Waals surface area (Å²) in [5, 5.41) is 13.4. The highest BCUT2D eigenvalue weighted by atomic mass is 32.2. The second-order valence-corrected chi connectivity index (χ2v) is 9.15. The first-order chi connectivity index (χ1) is 14.3. The van der Waals surface area contributed by atoms with Crippen molar-refractivity contribution in [1.29, 1.82) is 0 Å². The Bertz CT molecular complexity index is 1140. The Kier molecular flexibility index (Phi) is 6.54. The van der Waals surface area contributed by atoms with Crippen molar-refractivity contribution < 1.29 is 22.5 Å². The number of benzene rings is 1. The van der Waals surface area contributed by atoms with Gasteiger partial charge in [0.25, 0.3) is 0 Å². The number of rotatable bonds is 9. The van der Waals surface area contributed by atoms with Gasteiger partial charge in [-0.1, -0.05) is 19.9 Å². The fraction of sp³-hybridized carbons (Fsp3) is 0.316. The van der Waals surface area contributed by atoms with Gasteiger partial charge in [-0.2, -0.15) is 4.31 Å². The first-order valence-corrected chi connectivity index (χ1v) is 11.5. The summed E-state index contributed by atoms with van der Waals surface area (Å²) < 4.78 is 37.8. The molecule has 160 valence electrons. The average molecular weight is 452 g/mol. The summed E-state index contributed by atoms with van der Waals surface area (Å²) in [4.78, 5) is 16.0. The molecule has 11 heteroatoms. The first-order valence-electron chi connectivity index (χ1n) is 9.19. The molecule has 2 heterocycles.